The van der Waals surface area contributed by atoms with Crippen LogP contribution in [0.15, 0.2) is 30.3 Å². The van der Waals surface area contributed by atoms with Crippen LogP contribution in [0.4, 0.5) is 0 Å². The van der Waals surface area contributed by atoms with Gasteiger partial charge in [0, 0.05) is 25.4 Å². The smallest absolute Gasteiger partial charge is 0.303 e. The van der Waals surface area contributed by atoms with Crippen LogP contribution in [0.25, 0.3) is 0 Å². The molecule has 0 fully saturated rings. The van der Waals surface area contributed by atoms with E-state index in [1.165, 1.54) is 0 Å². The summed E-state index contributed by atoms with van der Waals surface area (Å²) in [4.78, 5) is 24.3. The van der Waals surface area contributed by atoms with Crippen LogP contribution >= 0.6 is 0 Å². The largest absolute Gasteiger partial charge is 0.481 e. The zero-order valence-electron chi connectivity index (χ0n) is 11.5. The van der Waals surface area contributed by atoms with Crippen molar-refractivity contribution in [3.8, 4) is 0 Å². The van der Waals surface area contributed by atoms with Gasteiger partial charge in [-0.15, -0.1) is 0 Å². The number of nitrogens with zero attached hydrogens (tertiary/aromatic N) is 1. The molecule has 4 heteroatoms. The van der Waals surface area contributed by atoms with Gasteiger partial charge in [-0.2, -0.15) is 0 Å². The van der Waals surface area contributed by atoms with Crippen molar-refractivity contribution in [3.05, 3.63) is 35.9 Å². The topological polar surface area (TPSA) is 57.6 Å². The molecular weight excluding hydrogens is 242 g/mol. The van der Waals surface area contributed by atoms with Crippen LogP contribution in [0.5, 0.6) is 0 Å². The normalized spacial score (nSPS) is 10.5. The lowest BCUT2D eigenvalue weighted by atomic mass is 10.1. The van der Waals surface area contributed by atoms with Crippen LogP contribution in [-0.4, -0.2) is 27.9 Å². The van der Waals surface area contributed by atoms with Gasteiger partial charge in [0.2, 0.25) is 5.91 Å². The summed E-state index contributed by atoms with van der Waals surface area (Å²) in [6, 6.07) is 9.92. The zero-order valence-corrected chi connectivity index (χ0v) is 11.5. The number of benzene rings is 1. The molecule has 0 saturated heterocycles. The first-order valence-corrected chi connectivity index (χ1v) is 6.56. The molecule has 19 heavy (non-hydrogen) atoms. The minimum absolute atomic E-state index is 0.0140. The molecule has 1 rings (SSSR count). The third-order valence-electron chi connectivity index (χ3n) is 2.92. The van der Waals surface area contributed by atoms with Crippen LogP contribution < -0.4 is 0 Å². The van der Waals surface area contributed by atoms with E-state index in [1.54, 1.807) is 4.90 Å². The second-order valence-electron chi connectivity index (χ2n) is 4.85. The molecular formula is C15H21NO3. The van der Waals surface area contributed by atoms with Crippen molar-refractivity contribution in [3.63, 3.8) is 0 Å². The lowest BCUT2D eigenvalue weighted by molar-refractivity contribution is -0.137. The standard InChI is InChI=1S/C15H21NO3/c1-12(2)16(11-13-7-4-3-5-8-13)14(17)9-6-10-15(18)19/h3-5,7-8,12H,6,9-11H2,1-2H3,(H,18,19). The van der Waals surface area contributed by atoms with E-state index in [2.05, 4.69) is 0 Å². The third kappa shape index (κ3) is 5.55. The van der Waals surface area contributed by atoms with Crippen LogP contribution in [0.3, 0.4) is 0 Å². The van der Waals surface area contributed by atoms with Gasteiger partial charge in [-0.1, -0.05) is 30.3 Å². The van der Waals surface area contributed by atoms with Crippen LogP contribution in [-0.2, 0) is 16.1 Å². The zero-order chi connectivity index (χ0) is 14.3. The Labute approximate surface area is 114 Å². The van der Waals surface area contributed by atoms with Crippen molar-refractivity contribution < 1.29 is 14.7 Å². The molecule has 0 unspecified atom stereocenters. The Morgan fingerprint density at radius 3 is 2.32 bits per heavy atom. The summed E-state index contributed by atoms with van der Waals surface area (Å²) in [6.45, 7) is 4.51. The molecule has 104 valence electrons. The maximum absolute atomic E-state index is 12.1. The van der Waals surface area contributed by atoms with Crippen molar-refractivity contribution in [2.75, 3.05) is 0 Å². The fourth-order valence-corrected chi connectivity index (χ4v) is 1.87. The van der Waals surface area contributed by atoms with Crippen molar-refractivity contribution in [2.45, 2.75) is 45.7 Å². The molecule has 0 aliphatic heterocycles. The Balaban J connectivity index is 2.57. The summed E-state index contributed by atoms with van der Waals surface area (Å²) in [7, 11) is 0. The molecule has 4 nitrogen and oxygen atoms in total. The highest BCUT2D eigenvalue weighted by Crippen LogP contribution is 2.11. The SMILES string of the molecule is CC(C)N(Cc1ccccc1)C(=O)CCCC(=O)O. The highest BCUT2D eigenvalue weighted by atomic mass is 16.4. The average Bonchev–Trinajstić information content (AvgIpc) is 2.36. The first kappa shape index (κ1) is 15.2. The summed E-state index contributed by atoms with van der Waals surface area (Å²) < 4.78 is 0. The first-order chi connectivity index (χ1) is 9.00. The molecule has 0 saturated carbocycles. The molecule has 0 aliphatic rings. The van der Waals surface area contributed by atoms with Gasteiger partial charge in [-0.25, -0.2) is 0 Å². The number of hydrogen-bond acceptors (Lipinski definition) is 2. The van der Waals surface area contributed by atoms with Crippen LogP contribution in [0.2, 0.25) is 0 Å². The number of rotatable bonds is 7. The van der Waals surface area contributed by atoms with E-state index in [-0.39, 0.29) is 24.8 Å². The van der Waals surface area contributed by atoms with Crippen LogP contribution in [0, 0.1) is 0 Å². The van der Waals surface area contributed by atoms with E-state index in [0.717, 1.165) is 5.56 Å². The van der Waals surface area contributed by atoms with Gasteiger partial charge < -0.3 is 10.0 Å². The molecule has 0 heterocycles. The number of hydrogen-bond donors (Lipinski definition) is 1. The van der Waals surface area contributed by atoms with Gasteiger partial charge in [0.05, 0.1) is 0 Å². The minimum Gasteiger partial charge on any atom is -0.481 e. The summed E-state index contributed by atoms with van der Waals surface area (Å²) >= 11 is 0. The monoisotopic (exact) mass is 263 g/mol. The number of carboxylic acid groups (broad SMARTS) is 1. The Morgan fingerprint density at radius 2 is 1.79 bits per heavy atom. The van der Waals surface area contributed by atoms with E-state index in [4.69, 9.17) is 5.11 Å². The van der Waals surface area contributed by atoms with Gasteiger partial charge in [0.25, 0.3) is 0 Å². The predicted molar refractivity (Wildman–Crippen MR) is 73.6 cm³/mol. The number of carbonyl (C=O) groups excluding carboxylic acids is 1. The van der Waals surface area contributed by atoms with E-state index >= 15 is 0 Å². The fourth-order valence-electron chi connectivity index (χ4n) is 1.87. The Hall–Kier alpha value is -1.84. The van der Waals surface area contributed by atoms with Gasteiger partial charge >= 0.3 is 5.97 Å². The Kier molecular flexibility index (Phi) is 6.06. The van der Waals surface area contributed by atoms with E-state index in [1.807, 2.05) is 44.2 Å². The first-order valence-electron chi connectivity index (χ1n) is 6.56. The number of amides is 1. The number of carboxylic acids is 1. The summed E-state index contributed by atoms with van der Waals surface area (Å²) in [5.74, 6) is -0.841. The second kappa shape index (κ2) is 7.56. The van der Waals surface area contributed by atoms with Gasteiger partial charge in [0.15, 0.2) is 0 Å². The van der Waals surface area contributed by atoms with E-state index in [9.17, 15) is 9.59 Å². The lowest BCUT2D eigenvalue weighted by Gasteiger charge is -2.27. The minimum atomic E-state index is -0.855. The molecule has 0 aromatic heterocycles. The number of carbonyl (C=O) groups is 2. The molecule has 1 aromatic carbocycles. The van der Waals surface area contributed by atoms with E-state index < -0.39 is 5.97 Å². The summed E-state index contributed by atoms with van der Waals surface area (Å²) in [6.07, 6.45) is 0.729. The molecule has 0 atom stereocenters. The van der Waals surface area contributed by atoms with Gasteiger partial charge in [-0.3, -0.25) is 9.59 Å². The molecule has 1 amide bonds. The summed E-state index contributed by atoms with van der Waals surface area (Å²) in [5.41, 5.74) is 1.09. The van der Waals surface area contributed by atoms with Crippen LogP contribution in [0.1, 0.15) is 38.7 Å². The average molecular weight is 263 g/mol. The number of aliphatic carboxylic acids is 1. The molecule has 0 spiro atoms. The Bertz CT molecular complexity index is 415. The lowest BCUT2D eigenvalue weighted by Crippen LogP contribution is -2.36. The van der Waals surface area contributed by atoms with Crippen molar-refractivity contribution in [2.24, 2.45) is 0 Å². The van der Waals surface area contributed by atoms with E-state index in [0.29, 0.717) is 13.0 Å². The van der Waals surface area contributed by atoms with Crippen molar-refractivity contribution in [1.29, 1.82) is 0 Å². The van der Waals surface area contributed by atoms with Gasteiger partial charge in [-0.05, 0) is 25.8 Å². The van der Waals surface area contributed by atoms with Crippen molar-refractivity contribution >= 4 is 11.9 Å². The maximum Gasteiger partial charge on any atom is 0.303 e. The predicted octanol–water partition coefficient (Wildman–Crippen LogP) is 2.68. The quantitative estimate of drug-likeness (QED) is 0.822. The van der Waals surface area contributed by atoms with Gasteiger partial charge in [0.1, 0.15) is 0 Å². The molecule has 1 aromatic rings. The molecule has 0 bridgehead atoms. The highest BCUT2D eigenvalue weighted by Gasteiger charge is 2.17. The molecule has 0 aliphatic carbocycles. The van der Waals surface area contributed by atoms with Crippen molar-refractivity contribution in [1.82, 2.24) is 4.90 Å². The highest BCUT2D eigenvalue weighted by molar-refractivity contribution is 5.77. The second-order valence-corrected chi connectivity index (χ2v) is 4.85. The Morgan fingerprint density at radius 1 is 1.16 bits per heavy atom. The third-order valence-corrected chi connectivity index (χ3v) is 2.92. The molecule has 1 N–H and O–H groups in total. The molecule has 0 radical (unpaired) electrons. The maximum atomic E-state index is 12.1. The fraction of sp³-hybridized carbons (Fsp3) is 0.467. The summed E-state index contributed by atoms with van der Waals surface area (Å²) in [5, 5.41) is 8.58.